The molecule has 2 aromatic rings. The quantitative estimate of drug-likeness (QED) is 0.838. The van der Waals surface area contributed by atoms with Crippen molar-refractivity contribution >= 4 is 33.2 Å². The minimum Gasteiger partial charge on any atom is -0.489 e. The van der Waals surface area contributed by atoms with Crippen LogP contribution in [0.15, 0.2) is 40.9 Å². The molecule has 0 aliphatic rings. The lowest BCUT2D eigenvalue weighted by atomic mass is 10.2. The number of ether oxygens (including phenoxy) is 1. The summed E-state index contributed by atoms with van der Waals surface area (Å²) in [5.41, 5.74) is 8.64. The minimum absolute atomic E-state index is 0.431. The van der Waals surface area contributed by atoms with Crippen LogP contribution in [0, 0.1) is 6.92 Å². The fraction of sp³-hybridized carbons (Fsp3) is 0.143. The lowest BCUT2D eigenvalue weighted by molar-refractivity contribution is 0.305. The summed E-state index contributed by atoms with van der Waals surface area (Å²) in [6.07, 6.45) is 0. The Balaban J connectivity index is 2.13. The van der Waals surface area contributed by atoms with Crippen LogP contribution in [0.25, 0.3) is 0 Å². The molecule has 2 nitrogen and oxygen atoms in total. The van der Waals surface area contributed by atoms with E-state index < -0.39 is 0 Å². The third-order valence-corrected chi connectivity index (χ3v) is 3.37. The smallest absolute Gasteiger partial charge is 0.124 e. The third-order valence-electron chi connectivity index (χ3n) is 2.64. The van der Waals surface area contributed by atoms with E-state index in [1.807, 2.05) is 43.3 Å². The number of anilines is 1. The number of halogens is 2. The van der Waals surface area contributed by atoms with Crippen LogP contribution in [0.3, 0.4) is 0 Å². The predicted molar refractivity (Wildman–Crippen MR) is 79.1 cm³/mol. The Hall–Kier alpha value is -1.19. The van der Waals surface area contributed by atoms with E-state index in [1.165, 1.54) is 0 Å². The first kappa shape index (κ1) is 13.2. The molecule has 0 aliphatic heterocycles. The summed E-state index contributed by atoms with van der Waals surface area (Å²) in [4.78, 5) is 0. The maximum Gasteiger partial charge on any atom is 0.124 e. The molecule has 0 aliphatic carbocycles. The summed E-state index contributed by atoms with van der Waals surface area (Å²) in [7, 11) is 0. The third kappa shape index (κ3) is 3.18. The Kier molecular flexibility index (Phi) is 4.15. The van der Waals surface area contributed by atoms with E-state index in [-0.39, 0.29) is 0 Å². The van der Waals surface area contributed by atoms with E-state index in [9.17, 15) is 0 Å². The molecule has 18 heavy (non-hydrogen) atoms. The monoisotopic (exact) mass is 325 g/mol. The standard InChI is InChI=1S/C14H13BrClNO/c1-9-2-5-12(16)7-14(9)18-8-10-3-4-11(15)6-13(10)17/h2-7H,8,17H2,1H3. The average Bonchev–Trinajstić information content (AvgIpc) is 2.32. The molecule has 0 saturated carbocycles. The van der Waals surface area contributed by atoms with Gasteiger partial charge in [0.1, 0.15) is 12.4 Å². The first-order chi connectivity index (χ1) is 8.56. The van der Waals surface area contributed by atoms with Gasteiger partial charge in [-0.15, -0.1) is 0 Å². The summed E-state index contributed by atoms with van der Waals surface area (Å²) < 4.78 is 6.71. The molecule has 0 unspecified atom stereocenters. The van der Waals surface area contributed by atoms with Crippen LogP contribution in [0.1, 0.15) is 11.1 Å². The van der Waals surface area contributed by atoms with Crippen molar-refractivity contribution in [1.29, 1.82) is 0 Å². The van der Waals surface area contributed by atoms with E-state index in [1.54, 1.807) is 0 Å². The van der Waals surface area contributed by atoms with Crippen molar-refractivity contribution in [2.75, 3.05) is 5.73 Å². The number of hydrogen-bond donors (Lipinski definition) is 1. The molecular weight excluding hydrogens is 314 g/mol. The van der Waals surface area contributed by atoms with Crippen molar-refractivity contribution in [2.24, 2.45) is 0 Å². The molecule has 0 saturated heterocycles. The van der Waals surface area contributed by atoms with Gasteiger partial charge in [-0.1, -0.05) is 39.7 Å². The normalized spacial score (nSPS) is 10.4. The molecule has 0 radical (unpaired) electrons. The van der Waals surface area contributed by atoms with Gasteiger partial charge in [0, 0.05) is 20.7 Å². The van der Waals surface area contributed by atoms with Gasteiger partial charge in [0.2, 0.25) is 0 Å². The van der Waals surface area contributed by atoms with Gasteiger partial charge in [-0.25, -0.2) is 0 Å². The fourth-order valence-electron chi connectivity index (χ4n) is 1.58. The topological polar surface area (TPSA) is 35.2 Å². The van der Waals surface area contributed by atoms with E-state index in [2.05, 4.69) is 15.9 Å². The van der Waals surface area contributed by atoms with Crippen molar-refractivity contribution in [1.82, 2.24) is 0 Å². The molecule has 0 spiro atoms. The summed E-state index contributed by atoms with van der Waals surface area (Å²) >= 11 is 9.31. The van der Waals surface area contributed by atoms with E-state index in [0.717, 1.165) is 21.3 Å². The molecule has 0 amide bonds. The lowest BCUT2D eigenvalue weighted by Crippen LogP contribution is -2.01. The second-order valence-electron chi connectivity index (χ2n) is 4.04. The fourth-order valence-corrected chi connectivity index (χ4v) is 2.12. The van der Waals surface area contributed by atoms with Gasteiger partial charge in [-0.2, -0.15) is 0 Å². The number of benzene rings is 2. The summed E-state index contributed by atoms with van der Waals surface area (Å²) in [5, 5.41) is 0.666. The van der Waals surface area contributed by atoms with Crippen molar-refractivity contribution in [3.05, 3.63) is 57.0 Å². The number of aryl methyl sites for hydroxylation is 1. The van der Waals surface area contributed by atoms with Gasteiger partial charge < -0.3 is 10.5 Å². The van der Waals surface area contributed by atoms with Gasteiger partial charge in [0.25, 0.3) is 0 Å². The highest BCUT2D eigenvalue weighted by molar-refractivity contribution is 9.10. The summed E-state index contributed by atoms with van der Waals surface area (Å²) in [6, 6.07) is 11.3. The highest BCUT2D eigenvalue weighted by Gasteiger charge is 2.04. The van der Waals surface area contributed by atoms with Crippen LogP contribution in [-0.2, 0) is 6.61 Å². The van der Waals surface area contributed by atoms with E-state index in [4.69, 9.17) is 22.1 Å². The van der Waals surface area contributed by atoms with E-state index in [0.29, 0.717) is 17.3 Å². The highest BCUT2D eigenvalue weighted by atomic mass is 79.9. The molecule has 2 N–H and O–H groups in total. The molecular formula is C14H13BrClNO. The van der Waals surface area contributed by atoms with Crippen molar-refractivity contribution in [2.45, 2.75) is 13.5 Å². The lowest BCUT2D eigenvalue weighted by Gasteiger charge is -2.11. The zero-order valence-electron chi connectivity index (χ0n) is 9.91. The van der Waals surface area contributed by atoms with Gasteiger partial charge in [-0.3, -0.25) is 0 Å². The summed E-state index contributed by atoms with van der Waals surface area (Å²) in [6.45, 7) is 2.41. The number of rotatable bonds is 3. The Bertz CT molecular complexity index is 572. The molecule has 0 bridgehead atoms. The minimum atomic E-state index is 0.431. The first-order valence-corrected chi connectivity index (χ1v) is 6.66. The highest BCUT2D eigenvalue weighted by Crippen LogP contribution is 2.25. The van der Waals surface area contributed by atoms with Gasteiger partial charge in [0.05, 0.1) is 0 Å². The molecule has 94 valence electrons. The second-order valence-corrected chi connectivity index (χ2v) is 5.39. The molecule has 2 rings (SSSR count). The largest absolute Gasteiger partial charge is 0.489 e. The summed E-state index contributed by atoms with van der Waals surface area (Å²) in [5.74, 6) is 0.782. The number of hydrogen-bond acceptors (Lipinski definition) is 2. The van der Waals surface area contributed by atoms with Crippen molar-refractivity contribution < 1.29 is 4.74 Å². The van der Waals surface area contributed by atoms with Crippen LogP contribution in [0.2, 0.25) is 5.02 Å². The maximum atomic E-state index is 5.94. The molecule has 0 fully saturated rings. The zero-order chi connectivity index (χ0) is 13.1. The van der Waals surface area contributed by atoms with Crippen LogP contribution in [0.4, 0.5) is 5.69 Å². The Morgan fingerprint density at radius 3 is 2.72 bits per heavy atom. The SMILES string of the molecule is Cc1ccc(Cl)cc1OCc1ccc(Br)cc1N. The molecule has 0 atom stereocenters. The maximum absolute atomic E-state index is 5.94. The molecule has 0 aromatic heterocycles. The zero-order valence-corrected chi connectivity index (χ0v) is 12.3. The Labute approximate surface area is 120 Å². The molecule has 2 aromatic carbocycles. The van der Waals surface area contributed by atoms with Gasteiger partial charge >= 0.3 is 0 Å². The number of nitrogens with two attached hydrogens (primary N) is 1. The van der Waals surface area contributed by atoms with Crippen molar-refractivity contribution in [3.63, 3.8) is 0 Å². The van der Waals surface area contributed by atoms with Crippen LogP contribution >= 0.6 is 27.5 Å². The van der Waals surface area contributed by atoms with Gasteiger partial charge in [0.15, 0.2) is 0 Å². The van der Waals surface area contributed by atoms with Crippen LogP contribution in [0.5, 0.6) is 5.75 Å². The Morgan fingerprint density at radius 1 is 1.22 bits per heavy atom. The first-order valence-electron chi connectivity index (χ1n) is 5.49. The Morgan fingerprint density at radius 2 is 2.00 bits per heavy atom. The van der Waals surface area contributed by atoms with Gasteiger partial charge in [-0.05, 0) is 36.8 Å². The number of nitrogen functional groups attached to an aromatic ring is 1. The molecule has 0 heterocycles. The van der Waals surface area contributed by atoms with E-state index >= 15 is 0 Å². The average molecular weight is 327 g/mol. The van der Waals surface area contributed by atoms with Crippen LogP contribution < -0.4 is 10.5 Å². The predicted octanol–water partition coefficient (Wildman–Crippen LogP) is 4.57. The second kappa shape index (κ2) is 5.63. The van der Waals surface area contributed by atoms with Crippen LogP contribution in [-0.4, -0.2) is 0 Å². The van der Waals surface area contributed by atoms with Crippen molar-refractivity contribution in [3.8, 4) is 5.75 Å². The molecule has 4 heteroatoms.